The first kappa shape index (κ1) is 17.2. The second-order valence-corrected chi connectivity index (χ2v) is 7.44. The van der Waals surface area contributed by atoms with Crippen LogP contribution in [-0.4, -0.2) is 25.5 Å². The van der Waals surface area contributed by atoms with E-state index in [1.54, 1.807) is 20.8 Å². The maximum atomic E-state index is 13.8. The van der Waals surface area contributed by atoms with E-state index >= 15 is 0 Å². The van der Waals surface area contributed by atoms with Crippen molar-refractivity contribution in [2.24, 2.45) is 4.40 Å². The van der Waals surface area contributed by atoms with Crippen LogP contribution in [0, 0.1) is 11.8 Å². The molecule has 3 nitrogen and oxygen atoms in total. The minimum atomic E-state index is -1.57. The van der Waals surface area contributed by atoms with Gasteiger partial charge in [0, 0.05) is 5.88 Å². The Morgan fingerprint density at radius 3 is 2.60 bits per heavy atom. The molecule has 0 aliphatic carbocycles. The molecule has 1 aromatic rings. The number of nitrogens with zero attached hydrogens (tertiary/aromatic N) is 2. The van der Waals surface area contributed by atoms with Crippen LogP contribution in [0.3, 0.4) is 0 Å². The van der Waals surface area contributed by atoms with Gasteiger partial charge in [-0.15, -0.1) is 11.6 Å². The molecule has 1 heterocycles. The predicted octanol–water partition coefficient (Wildman–Crippen LogP) is 3.63. The number of hydrogen-bond acceptors (Lipinski definition) is 2. The van der Waals surface area contributed by atoms with Crippen molar-refractivity contribution in [3.05, 3.63) is 29.6 Å². The molecule has 0 aromatic carbocycles. The Hall–Kier alpha value is -0.880. The molecule has 0 bridgehead atoms. The number of alkyl halides is 1. The van der Waals surface area contributed by atoms with Crippen LogP contribution in [0.5, 0.6) is 0 Å². The molecule has 1 aromatic heterocycles. The average molecular weight is 323 g/mol. The van der Waals surface area contributed by atoms with Gasteiger partial charge in [-0.2, -0.15) is 8.79 Å². The van der Waals surface area contributed by atoms with Crippen molar-refractivity contribution >= 4 is 28.3 Å². The molecule has 7 heteroatoms. The lowest BCUT2D eigenvalue weighted by atomic mass is 10.1. The molecular weight excluding hydrogens is 306 g/mol. The van der Waals surface area contributed by atoms with E-state index in [0.29, 0.717) is 18.7 Å². The Morgan fingerprint density at radius 1 is 1.40 bits per heavy atom. The Labute approximate surface area is 125 Å². The predicted molar refractivity (Wildman–Crippen MR) is 78.5 cm³/mol. The number of hydrogen-bond donors (Lipinski definition) is 0. The molecule has 20 heavy (non-hydrogen) atoms. The Balaban J connectivity index is 3.21. The fourth-order valence-corrected chi connectivity index (χ4v) is 2.08. The van der Waals surface area contributed by atoms with Gasteiger partial charge in [-0.3, -0.25) is 0 Å². The molecule has 0 fully saturated rings. The van der Waals surface area contributed by atoms with Gasteiger partial charge in [-0.05, 0) is 45.7 Å². The van der Waals surface area contributed by atoms with Gasteiger partial charge in [-0.25, -0.2) is 13.6 Å². The molecule has 0 radical (unpaired) electrons. The lowest BCUT2D eigenvalue weighted by Crippen LogP contribution is -2.22. The maximum absolute atomic E-state index is 13.8. The minimum absolute atomic E-state index is 0.177. The van der Waals surface area contributed by atoms with E-state index in [4.69, 9.17) is 11.6 Å². The van der Waals surface area contributed by atoms with E-state index in [-0.39, 0.29) is 11.4 Å². The zero-order valence-corrected chi connectivity index (χ0v) is 13.2. The van der Waals surface area contributed by atoms with Gasteiger partial charge >= 0.3 is 0 Å². The molecule has 0 aliphatic heterocycles. The highest BCUT2D eigenvalue weighted by molar-refractivity contribution is 7.85. The SMILES string of the molecule is CC(C)(C)[S@@](=O)N=C(CCCCl)c1nc(F)ccc1F. The molecule has 0 aliphatic rings. The molecule has 0 saturated carbocycles. The molecule has 1 atom stereocenters. The van der Waals surface area contributed by atoms with Gasteiger partial charge in [0.15, 0.2) is 5.82 Å². The van der Waals surface area contributed by atoms with E-state index in [9.17, 15) is 13.0 Å². The highest BCUT2D eigenvalue weighted by atomic mass is 35.5. The largest absolute Gasteiger partial charge is 0.234 e. The minimum Gasteiger partial charge on any atom is -0.234 e. The van der Waals surface area contributed by atoms with Crippen LogP contribution in [0.25, 0.3) is 0 Å². The summed E-state index contributed by atoms with van der Waals surface area (Å²) in [6.45, 7) is 5.25. The lowest BCUT2D eigenvalue weighted by Gasteiger charge is -2.15. The first-order chi connectivity index (χ1) is 9.25. The van der Waals surface area contributed by atoms with E-state index in [2.05, 4.69) is 9.38 Å². The molecule has 0 spiro atoms. The van der Waals surface area contributed by atoms with Gasteiger partial charge in [0.2, 0.25) is 5.95 Å². The smallest absolute Gasteiger partial charge is 0.213 e. The molecule has 0 saturated heterocycles. The number of pyridine rings is 1. The third-order valence-corrected chi connectivity index (χ3v) is 4.05. The lowest BCUT2D eigenvalue weighted by molar-refractivity contribution is 0.556. The van der Waals surface area contributed by atoms with Crippen molar-refractivity contribution in [2.45, 2.75) is 38.4 Å². The first-order valence-corrected chi connectivity index (χ1v) is 7.77. The van der Waals surface area contributed by atoms with Gasteiger partial charge in [0.25, 0.3) is 0 Å². The van der Waals surface area contributed by atoms with Crippen molar-refractivity contribution in [3.63, 3.8) is 0 Å². The van der Waals surface area contributed by atoms with Crippen molar-refractivity contribution in [1.29, 1.82) is 0 Å². The summed E-state index contributed by atoms with van der Waals surface area (Å²) in [5, 5.41) is 0. The third kappa shape index (κ3) is 4.90. The topological polar surface area (TPSA) is 42.3 Å². The first-order valence-electron chi connectivity index (χ1n) is 6.13. The summed E-state index contributed by atoms with van der Waals surface area (Å²) in [6, 6.07) is 1.91. The summed E-state index contributed by atoms with van der Waals surface area (Å²) in [5.74, 6) is -1.15. The second kappa shape index (κ2) is 7.22. The van der Waals surface area contributed by atoms with E-state index in [0.717, 1.165) is 12.1 Å². The van der Waals surface area contributed by atoms with E-state index in [1.165, 1.54) is 0 Å². The molecular formula is C13H17ClF2N2OS. The summed E-state index contributed by atoms with van der Waals surface area (Å²) >= 11 is 5.61. The normalized spacial score (nSPS) is 14.4. The molecule has 1 rings (SSSR count). The number of aromatic nitrogens is 1. The fourth-order valence-electron chi connectivity index (χ4n) is 1.30. The summed E-state index contributed by atoms with van der Waals surface area (Å²) in [6.07, 6.45) is 0.804. The molecule has 0 amide bonds. The standard InChI is InChI=1S/C13H17ClF2N2OS/c1-13(2,3)20(19)18-10(5-4-8-14)12-9(15)6-7-11(16)17-12/h6-7H,4-5,8H2,1-3H3/t20-/m1/s1. The number of rotatable bonds is 5. The fraction of sp³-hybridized carbons (Fsp3) is 0.538. The van der Waals surface area contributed by atoms with Crippen LogP contribution >= 0.6 is 11.6 Å². The van der Waals surface area contributed by atoms with Crippen LogP contribution in [0.1, 0.15) is 39.3 Å². The summed E-state index contributed by atoms with van der Waals surface area (Å²) in [4.78, 5) is 3.51. The number of halogens is 3. The van der Waals surface area contributed by atoms with Gasteiger partial charge < -0.3 is 0 Å². The summed E-state index contributed by atoms with van der Waals surface area (Å²) in [5.41, 5.74) is -0.0244. The zero-order chi connectivity index (χ0) is 15.3. The van der Waals surface area contributed by atoms with Gasteiger partial charge in [-0.1, -0.05) is 0 Å². The third-order valence-electron chi connectivity index (χ3n) is 2.35. The van der Waals surface area contributed by atoms with Crippen molar-refractivity contribution < 1.29 is 13.0 Å². The Kier molecular flexibility index (Phi) is 6.20. The van der Waals surface area contributed by atoms with E-state index in [1.807, 2.05) is 0 Å². The monoisotopic (exact) mass is 322 g/mol. The van der Waals surface area contributed by atoms with Crippen LogP contribution in [0.4, 0.5) is 8.78 Å². The van der Waals surface area contributed by atoms with Gasteiger partial charge in [0.05, 0.1) is 10.5 Å². The molecule has 0 N–H and O–H groups in total. The highest BCUT2D eigenvalue weighted by Crippen LogP contribution is 2.17. The van der Waals surface area contributed by atoms with Crippen molar-refractivity contribution in [2.75, 3.05) is 5.88 Å². The quantitative estimate of drug-likeness (QED) is 0.472. The second-order valence-electron chi connectivity index (χ2n) is 5.16. The Bertz CT molecular complexity index is 530. The summed E-state index contributed by atoms with van der Waals surface area (Å²) < 4.78 is 42.4. The molecule has 0 unspecified atom stereocenters. The summed E-state index contributed by atoms with van der Waals surface area (Å²) in [7, 11) is -1.57. The zero-order valence-electron chi connectivity index (χ0n) is 11.6. The van der Waals surface area contributed by atoms with Crippen molar-refractivity contribution in [1.82, 2.24) is 4.98 Å². The average Bonchev–Trinajstić information content (AvgIpc) is 2.36. The van der Waals surface area contributed by atoms with Crippen LogP contribution in [-0.2, 0) is 11.0 Å². The van der Waals surface area contributed by atoms with Crippen molar-refractivity contribution in [3.8, 4) is 0 Å². The molecule has 112 valence electrons. The highest BCUT2D eigenvalue weighted by Gasteiger charge is 2.21. The maximum Gasteiger partial charge on any atom is 0.213 e. The van der Waals surface area contributed by atoms with Gasteiger partial charge in [0.1, 0.15) is 16.7 Å². The van der Waals surface area contributed by atoms with Crippen LogP contribution in [0.2, 0.25) is 0 Å². The van der Waals surface area contributed by atoms with E-state index < -0.39 is 27.5 Å². The Morgan fingerprint density at radius 2 is 2.05 bits per heavy atom. The van der Waals surface area contributed by atoms with Crippen LogP contribution in [0.15, 0.2) is 16.5 Å². The van der Waals surface area contributed by atoms with Crippen LogP contribution < -0.4 is 0 Å².